The molecule has 0 N–H and O–H groups in total. The molecule has 24 heavy (non-hydrogen) atoms. The van der Waals surface area contributed by atoms with Gasteiger partial charge in [0.2, 0.25) is 11.8 Å². The summed E-state index contributed by atoms with van der Waals surface area (Å²) in [4.78, 5) is 8.25. The van der Waals surface area contributed by atoms with Crippen LogP contribution in [-0.2, 0) is 14.2 Å². The molecule has 0 bridgehead atoms. The van der Waals surface area contributed by atoms with Gasteiger partial charge in [0.25, 0.3) is 0 Å². The first-order valence-corrected chi connectivity index (χ1v) is 7.25. The smallest absolute Gasteiger partial charge is 0.323 e. The Balaban J connectivity index is 2.62. The van der Waals surface area contributed by atoms with E-state index in [1.54, 1.807) is 6.07 Å². The van der Waals surface area contributed by atoms with Crippen LogP contribution in [0, 0.1) is 0 Å². The average molecular weight is 338 g/mol. The van der Waals surface area contributed by atoms with Gasteiger partial charge in [-0.3, -0.25) is 0 Å². The van der Waals surface area contributed by atoms with Crippen molar-refractivity contribution >= 4 is 0 Å². The predicted molar refractivity (Wildman–Crippen MR) is 87.0 cm³/mol. The van der Waals surface area contributed by atoms with E-state index in [-0.39, 0.29) is 12.6 Å². The molecule has 0 atom stereocenters. The third kappa shape index (κ3) is 8.52. The molecule has 0 aliphatic heterocycles. The molecule has 1 aromatic heterocycles. The Morgan fingerprint density at radius 1 is 0.667 bits per heavy atom. The van der Waals surface area contributed by atoms with Gasteiger partial charge in [-0.15, -0.1) is 0 Å². The van der Waals surface area contributed by atoms with E-state index in [0.29, 0.717) is 44.8 Å². The van der Waals surface area contributed by atoms with Crippen molar-refractivity contribution in [3.63, 3.8) is 0 Å². The van der Waals surface area contributed by atoms with Crippen LogP contribution >= 0.6 is 0 Å². The number of rotatable bonds is 15. The van der Waals surface area contributed by atoms with Crippen LogP contribution in [0.3, 0.4) is 0 Å². The molecule has 0 spiro atoms. The van der Waals surface area contributed by atoms with Crippen LogP contribution in [0.5, 0.6) is 17.8 Å². The molecular weight excluding hydrogens is 316 g/mol. The second kappa shape index (κ2) is 12.6. The highest BCUT2D eigenvalue weighted by molar-refractivity contribution is 5.23. The van der Waals surface area contributed by atoms with Crippen molar-refractivity contribution in [2.75, 3.05) is 39.6 Å². The maximum atomic E-state index is 5.47. The first-order valence-electron chi connectivity index (χ1n) is 7.25. The topological polar surface area (TPSA) is 81.2 Å². The summed E-state index contributed by atoms with van der Waals surface area (Å²) in [6.07, 6.45) is 4.01. The van der Waals surface area contributed by atoms with Crippen molar-refractivity contribution in [2.24, 2.45) is 0 Å². The van der Waals surface area contributed by atoms with Gasteiger partial charge in [0, 0.05) is 0 Å². The van der Waals surface area contributed by atoms with E-state index < -0.39 is 0 Å². The summed E-state index contributed by atoms with van der Waals surface area (Å²) in [5.41, 5.74) is 0. The minimum Gasteiger partial charge on any atom is -0.498 e. The van der Waals surface area contributed by atoms with E-state index in [9.17, 15) is 0 Å². The summed E-state index contributed by atoms with van der Waals surface area (Å²) >= 11 is 0. The van der Waals surface area contributed by atoms with Crippen molar-refractivity contribution in [3.05, 3.63) is 44.6 Å². The summed E-state index contributed by atoms with van der Waals surface area (Å²) in [5, 5.41) is 0. The molecule has 0 amide bonds. The van der Waals surface area contributed by atoms with Gasteiger partial charge in [-0.2, -0.15) is 9.97 Å². The lowest BCUT2D eigenvalue weighted by Gasteiger charge is -2.11. The Labute approximate surface area is 141 Å². The van der Waals surface area contributed by atoms with Gasteiger partial charge in [-0.1, -0.05) is 19.7 Å². The van der Waals surface area contributed by atoms with E-state index >= 15 is 0 Å². The van der Waals surface area contributed by atoms with Crippen molar-refractivity contribution < 1.29 is 28.4 Å². The lowest BCUT2D eigenvalue weighted by molar-refractivity contribution is 0.156. The molecule has 132 valence electrons. The van der Waals surface area contributed by atoms with Crippen molar-refractivity contribution in [2.45, 2.75) is 0 Å². The Kier molecular flexibility index (Phi) is 10.1. The normalized spacial score (nSPS) is 9.50. The third-order valence-electron chi connectivity index (χ3n) is 2.35. The maximum absolute atomic E-state index is 5.47. The standard InChI is InChI=1S/C16H22N2O6/c1-4-19-7-10-22-14-13-15(23-11-8-20-5-2)18-16(17-14)24-12-9-21-6-3/h4-6,13H,1-3,7-12H2. The van der Waals surface area contributed by atoms with E-state index in [2.05, 4.69) is 29.7 Å². The van der Waals surface area contributed by atoms with E-state index in [1.807, 2.05) is 0 Å². The van der Waals surface area contributed by atoms with Crippen LogP contribution in [0.15, 0.2) is 44.6 Å². The molecule has 1 rings (SSSR count). The zero-order valence-corrected chi connectivity index (χ0v) is 13.5. The van der Waals surface area contributed by atoms with Gasteiger partial charge >= 0.3 is 6.01 Å². The van der Waals surface area contributed by atoms with Gasteiger partial charge in [0.15, 0.2) is 0 Å². The summed E-state index contributed by atoms with van der Waals surface area (Å²) in [5.74, 6) is 0.605. The van der Waals surface area contributed by atoms with Crippen LogP contribution in [0.1, 0.15) is 0 Å². The van der Waals surface area contributed by atoms with E-state index in [4.69, 9.17) is 28.4 Å². The van der Waals surface area contributed by atoms with Crippen LogP contribution in [0.2, 0.25) is 0 Å². The number of ether oxygens (including phenoxy) is 6. The Morgan fingerprint density at radius 3 is 1.50 bits per heavy atom. The second-order valence-electron chi connectivity index (χ2n) is 3.98. The Morgan fingerprint density at radius 2 is 1.08 bits per heavy atom. The molecule has 0 saturated carbocycles. The molecule has 0 radical (unpaired) electrons. The maximum Gasteiger partial charge on any atom is 0.323 e. The molecule has 0 fully saturated rings. The molecule has 0 saturated heterocycles. The molecule has 0 unspecified atom stereocenters. The lowest BCUT2D eigenvalue weighted by Crippen LogP contribution is -2.11. The van der Waals surface area contributed by atoms with Gasteiger partial charge < -0.3 is 28.4 Å². The second-order valence-corrected chi connectivity index (χ2v) is 3.98. The van der Waals surface area contributed by atoms with Crippen molar-refractivity contribution in [3.8, 4) is 17.8 Å². The molecule has 0 aliphatic carbocycles. The quantitative estimate of drug-likeness (QED) is 0.355. The highest BCUT2D eigenvalue weighted by atomic mass is 16.6. The SMILES string of the molecule is C=COCCOc1cc(OCCOC=C)nc(OCCOC=C)n1. The molecule has 1 heterocycles. The van der Waals surface area contributed by atoms with Crippen LogP contribution in [0.4, 0.5) is 0 Å². The molecule has 1 aromatic rings. The number of hydrogen-bond acceptors (Lipinski definition) is 8. The molecular formula is C16H22N2O6. The fourth-order valence-corrected chi connectivity index (χ4v) is 1.42. The fraction of sp³-hybridized carbons (Fsp3) is 0.375. The Hall–Kier alpha value is -2.90. The highest BCUT2D eigenvalue weighted by Crippen LogP contribution is 2.19. The molecule has 8 heteroatoms. The van der Waals surface area contributed by atoms with Crippen molar-refractivity contribution in [1.82, 2.24) is 9.97 Å². The predicted octanol–water partition coefficient (Wildman–Crippen LogP) is 2.09. The highest BCUT2D eigenvalue weighted by Gasteiger charge is 2.08. The third-order valence-corrected chi connectivity index (χ3v) is 2.35. The average Bonchev–Trinajstić information content (AvgIpc) is 2.59. The largest absolute Gasteiger partial charge is 0.498 e. The summed E-state index contributed by atoms with van der Waals surface area (Å²) < 4.78 is 31.3. The number of aromatic nitrogens is 2. The van der Waals surface area contributed by atoms with Gasteiger partial charge in [0.1, 0.15) is 39.6 Å². The summed E-state index contributed by atoms with van der Waals surface area (Å²) in [6.45, 7) is 12.2. The van der Waals surface area contributed by atoms with Crippen molar-refractivity contribution in [1.29, 1.82) is 0 Å². The monoisotopic (exact) mass is 338 g/mol. The minimum atomic E-state index is 0.115. The van der Waals surface area contributed by atoms with Crippen LogP contribution < -0.4 is 14.2 Å². The first kappa shape index (κ1) is 19.1. The zero-order chi connectivity index (χ0) is 17.5. The minimum absolute atomic E-state index is 0.115. The van der Waals surface area contributed by atoms with Gasteiger partial charge in [-0.25, -0.2) is 0 Å². The first-order chi connectivity index (χ1) is 11.8. The van der Waals surface area contributed by atoms with Gasteiger partial charge in [-0.05, 0) is 0 Å². The summed E-state index contributed by atoms with van der Waals surface area (Å²) in [7, 11) is 0. The Bertz CT molecular complexity index is 426. The molecule has 0 aromatic carbocycles. The van der Waals surface area contributed by atoms with Gasteiger partial charge in [0.05, 0.1) is 24.9 Å². The summed E-state index contributed by atoms with van der Waals surface area (Å²) in [6, 6.07) is 1.67. The fourth-order valence-electron chi connectivity index (χ4n) is 1.42. The number of hydrogen-bond donors (Lipinski definition) is 0. The van der Waals surface area contributed by atoms with E-state index in [1.165, 1.54) is 18.8 Å². The number of nitrogens with zero attached hydrogens (tertiary/aromatic N) is 2. The van der Waals surface area contributed by atoms with Crippen LogP contribution in [-0.4, -0.2) is 49.6 Å². The van der Waals surface area contributed by atoms with E-state index in [0.717, 1.165) is 0 Å². The zero-order valence-electron chi connectivity index (χ0n) is 13.5. The molecule has 0 aliphatic rings. The lowest BCUT2D eigenvalue weighted by atomic mass is 10.6. The molecule has 8 nitrogen and oxygen atoms in total. The van der Waals surface area contributed by atoms with Crippen LogP contribution in [0.25, 0.3) is 0 Å².